The third-order valence-electron chi connectivity index (χ3n) is 3.45. The smallest absolute Gasteiger partial charge is 0.190 e. The highest BCUT2D eigenvalue weighted by Crippen LogP contribution is 2.20. The number of aliphatic imine (C=N–C) groups is 1. The van der Waals surface area contributed by atoms with Crippen LogP contribution in [0.15, 0.2) is 4.99 Å². The summed E-state index contributed by atoms with van der Waals surface area (Å²) in [4.78, 5) is 4.19. The summed E-state index contributed by atoms with van der Waals surface area (Å²) in [6.07, 6.45) is 7.70. The van der Waals surface area contributed by atoms with Gasteiger partial charge >= 0.3 is 0 Å². The summed E-state index contributed by atoms with van der Waals surface area (Å²) >= 11 is 0. The molecule has 2 N–H and O–H groups in total. The van der Waals surface area contributed by atoms with Gasteiger partial charge in [-0.15, -0.1) is 24.0 Å². The number of halogens is 1. The third kappa shape index (κ3) is 11.2. The van der Waals surface area contributed by atoms with E-state index in [4.69, 9.17) is 9.47 Å². The fourth-order valence-electron chi connectivity index (χ4n) is 2.33. The average Bonchev–Trinajstić information content (AvgIpc) is 2.97. The zero-order chi connectivity index (χ0) is 14.5. The van der Waals surface area contributed by atoms with Crippen LogP contribution in [0.2, 0.25) is 0 Å². The van der Waals surface area contributed by atoms with Crippen LogP contribution in [0, 0.1) is 0 Å². The van der Waals surface area contributed by atoms with Crippen LogP contribution in [0.1, 0.15) is 45.4 Å². The van der Waals surface area contributed by atoms with Crippen molar-refractivity contribution in [2.45, 2.75) is 51.6 Å². The van der Waals surface area contributed by atoms with Gasteiger partial charge in [-0.3, -0.25) is 4.99 Å². The number of ether oxygens (including phenoxy) is 2. The van der Waals surface area contributed by atoms with Gasteiger partial charge < -0.3 is 20.1 Å². The third-order valence-corrected chi connectivity index (χ3v) is 3.45. The van der Waals surface area contributed by atoms with Crippen molar-refractivity contribution in [3.05, 3.63) is 0 Å². The molecule has 0 aromatic heterocycles. The average molecular weight is 413 g/mol. The van der Waals surface area contributed by atoms with Gasteiger partial charge in [-0.25, -0.2) is 0 Å². The second-order valence-electron chi connectivity index (χ2n) is 5.11. The Morgan fingerprint density at radius 2 is 1.71 bits per heavy atom. The number of hydrogen-bond acceptors (Lipinski definition) is 3. The van der Waals surface area contributed by atoms with Crippen molar-refractivity contribution < 1.29 is 9.47 Å². The van der Waals surface area contributed by atoms with E-state index < -0.39 is 0 Å². The molecule has 0 aromatic carbocycles. The van der Waals surface area contributed by atoms with E-state index in [2.05, 4.69) is 15.6 Å². The first-order valence-electron chi connectivity index (χ1n) is 8.00. The Morgan fingerprint density at radius 3 is 2.29 bits per heavy atom. The molecular formula is C15H32IN3O2. The van der Waals surface area contributed by atoms with Crippen LogP contribution in [0.4, 0.5) is 0 Å². The summed E-state index contributed by atoms with van der Waals surface area (Å²) in [5.41, 5.74) is 0. The molecule has 1 aliphatic carbocycles. The molecule has 21 heavy (non-hydrogen) atoms. The first-order valence-corrected chi connectivity index (χ1v) is 8.00. The van der Waals surface area contributed by atoms with Crippen molar-refractivity contribution >= 4 is 29.9 Å². The van der Waals surface area contributed by atoms with Gasteiger partial charge in [0.1, 0.15) is 0 Å². The monoisotopic (exact) mass is 413 g/mol. The maximum absolute atomic E-state index is 5.83. The number of guanidine groups is 1. The minimum Gasteiger partial charge on any atom is -0.382 e. The lowest BCUT2D eigenvalue weighted by Gasteiger charge is -2.13. The van der Waals surface area contributed by atoms with Gasteiger partial charge in [-0.05, 0) is 32.6 Å². The van der Waals surface area contributed by atoms with Crippen LogP contribution >= 0.6 is 24.0 Å². The molecule has 0 aromatic rings. The number of rotatable bonds is 10. The highest BCUT2D eigenvalue weighted by Gasteiger charge is 2.14. The quantitative estimate of drug-likeness (QED) is 0.250. The fourth-order valence-corrected chi connectivity index (χ4v) is 2.33. The van der Waals surface area contributed by atoms with Crippen molar-refractivity contribution in [2.75, 3.05) is 40.0 Å². The van der Waals surface area contributed by atoms with Gasteiger partial charge in [0.05, 0.1) is 6.10 Å². The summed E-state index contributed by atoms with van der Waals surface area (Å²) in [5, 5.41) is 6.58. The van der Waals surface area contributed by atoms with Crippen molar-refractivity contribution in [3.63, 3.8) is 0 Å². The van der Waals surface area contributed by atoms with E-state index in [0.29, 0.717) is 6.10 Å². The van der Waals surface area contributed by atoms with Crippen molar-refractivity contribution in [1.29, 1.82) is 0 Å². The van der Waals surface area contributed by atoms with E-state index >= 15 is 0 Å². The highest BCUT2D eigenvalue weighted by molar-refractivity contribution is 14.0. The number of hydrogen-bond donors (Lipinski definition) is 2. The van der Waals surface area contributed by atoms with Crippen molar-refractivity contribution in [2.24, 2.45) is 4.99 Å². The fraction of sp³-hybridized carbons (Fsp3) is 0.933. The predicted molar refractivity (Wildman–Crippen MR) is 98.7 cm³/mol. The van der Waals surface area contributed by atoms with E-state index in [1.54, 1.807) is 7.05 Å². The molecule has 0 unspecified atom stereocenters. The molecule has 6 heteroatoms. The summed E-state index contributed by atoms with van der Waals surface area (Å²) in [7, 11) is 1.80. The second kappa shape index (κ2) is 14.8. The SMILES string of the molecule is CCOCCCNC(=NC)NCCCOC1CCCC1.I. The maximum atomic E-state index is 5.83. The van der Waals surface area contributed by atoms with E-state index in [-0.39, 0.29) is 24.0 Å². The predicted octanol–water partition coefficient (Wildman–Crippen LogP) is 2.55. The Bertz CT molecular complexity index is 259. The summed E-state index contributed by atoms with van der Waals surface area (Å²) < 4.78 is 11.1. The molecule has 0 heterocycles. The van der Waals surface area contributed by atoms with Crippen LogP contribution in [-0.2, 0) is 9.47 Å². The van der Waals surface area contributed by atoms with Crippen LogP contribution in [0.5, 0.6) is 0 Å². The topological polar surface area (TPSA) is 54.9 Å². The van der Waals surface area contributed by atoms with E-state index in [9.17, 15) is 0 Å². The molecule has 0 atom stereocenters. The molecule has 1 rings (SSSR count). The molecule has 1 aliphatic rings. The largest absolute Gasteiger partial charge is 0.382 e. The Balaban J connectivity index is 0.00000400. The Kier molecular flexibility index (Phi) is 14.8. The summed E-state index contributed by atoms with van der Waals surface area (Å²) in [5.74, 6) is 0.863. The van der Waals surface area contributed by atoms with Gasteiger partial charge in [0, 0.05) is 40.0 Å². The van der Waals surface area contributed by atoms with Gasteiger partial charge in [-0.1, -0.05) is 12.8 Å². The van der Waals surface area contributed by atoms with E-state index in [1.807, 2.05) is 6.92 Å². The lowest BCUT2D eigenvalue weighted by Crippen LogP contribution is -2.38. The zero-order valence-corrected chi connectivity index (χ0v) is 15.9. The van der Waals surface area contributed by atoms with Crippen LogP contribution in [0.25, 0.3) is 0 Å². The normalized spacial score (nSPS) is 15.8. The van der Waals surface area contributed by atoms with Crippen LogP contribution in [0.3, 0.4) is 0 Å². The van der Waals surface area contributed by atoms with Crippen LogP contribution < -0.4 is 10.6 Å². The van der Waals surface area contributed by atoms with Gasteiger partial charge in [0.2, 0.25) is 0 Å². The molecule has 0 amide bonds. The molecule has 0 radical (unpaired) electrons. The maximum Gasteiger partial charge on any atom is 0.190 e. The van der Waals surface area contributed by atoms with Crippen LogP contribution in [-0.4, -0.2) is 52.0 Å². The summed E-state index contributed by atoms with van der Waals surface area (Å²) in [6.45, 7) is 6.24. The minimum atomic E-state index is 0. The molecular weight excluding hydrogens is 381 g/mol. The Morgan fingerprint density at radius 1 is 1.10 bits per heavy atom. The molecule has 1 saturated carbocycles. The first kappa shape index (κ1) is 20.9. The van der Waals surface area contributed by atoms with E-state index in [0.717, 1.165) is 51.7 Å². The molecule has 0 bridgehead atoms. The standard InChI is InChI=1S/C15H31N3O2.HI/c1-3-19-12-6-10-17-15(16-2)18-11-7-13-20-14-8-4-5-9-14;/h14H,3-13H2,1-2H3,(H2,16,17,18);1H. The second-order valence-corrected chi connectivity index (χ2v) is 5.11. The molecule has 1 fully saturated rings. The molecule has 0 aliphatic heterocycles. The molecule has 126 valence electrons. The zero-order valence-electron chi connectivity index (χ0n) is 13.5. The molecule has 0 spiro atoms. The minimum absolute atomic E-state index is 0. The van der Waals surface area contributed by atoms with E-state index in [1.165, 1.54) is 25.7 Å². The number of nitrogens with zero attached hydrogens (tertiary/aromatic N) is 1. The molecule has 0 saturated heterocycles. The lowest BCUT2D eigenvalue weighted by atomic mass is 10.3. The van der Waals surface area contributed by atoms with Gasteiger partial charge in [0.15, 0.2) is 5.96 Å². The number of nitrogens with one attached hydrogen (secondary N) is 2. The highest BCUT2D eigenvalue weighted by atomic mass is 127. The van der Waals surface area contributed by atoms with Gasteiger partial charge in [-0.2, -0.15) is 0 Å². The Labute approximate surface area is 146 Å². The molecule has 5 nitrogen and oxygen atoms in total. The first-order chi connectivity index (χ1) is 9.86. The summed E-state index contributed by atoms with van der Waals surface area (Å²) in [6, 6.07) is 0. The van der Waals surface area contributed by atoms with Gasteiger partial charge in [0.25, 0.3) is 0 Å². The Hall–Kier alpha value is -0.0800. The lowest BCUT2D eigenvalue weighted by molar-refractivity contribution is 0.0574. The van der Waals surface area contributed by atoms with Crippen molar-refractivity contribution in [3.8, 4) is 0 Å². The van der Waals surface area contributed by atoms with Crippen molar-refractivity contribution in [1.82, 2.24) is 10.6 Å².